The highest BCUT2D eigenvalue weighted by Gasteiger charge is 2.00. The molecule has 6 heteroatoms. The van der Waals surface area contributed by atoms with Gasteiger partial charge in [-0.1, -0.05) is 12.2 Å². The molecule has 10 heavy (non-hydrogen) atoms. The van der Waals surface area contributed by atoms with Crippen molar-refractivity contribution in [2.75, 3.05) is 5.73 Å². The summed E-state index contributed by atoms with van der Waals surface area (Å²) in [6.07, 6.45) is 0. The second-order valence-electron chi connectivity index (χ2n) is 1.57. The molecule has 0 fully saturated rings. The molecule has 3 nitrogen and oxygen atoms in total. The predicted octanol–water partition coefficient (Wildman–Crippen LogP) is 2.25. The molecule has 1 heterocycles. The molecule has 1 aromatic rings. The molecular weight excluding hydrogens is 282 g/mol. The Labute approximate surface area is 79.3 Å². The van der Waals surface area contributed by atoms with Crippen LogP contribution in [0.25, 0.3) is 0 Å². The zero-order chi connectivity index (χ0) is 7.72. The fraction of sp³-hybridized carbons (Fsp3) is 0. The number of nitrogens with one attached hydrogen (secondary N) is 1. The number of aromatic nitrogens is 2. The van der Waals surface area contributed by atoms with E-state index in [-0.39, 0.29) is 0 Å². The molecule has 0 amide bonds. The van der Waals surface area contributed by atoms with Crippen LogP contribution in [0.4, 0.5) is 5.69 Å². The summed E-state index contributed by atoms with van der Waals surface area (Å²) >= 11 is 11.2. The monoisotopic (exact) mass is 283 g/mol. The molecule has 3 N–H and O–H groups in total. The number of anilines is 1. The summed E-state index contributed by atoms with van der Waals surface area (Å²) in [7, 11) is 0. The van der Waals surface area contributed by atoms with E-state index in [0.29, 0.717) is 19.4 Å². The Morgan fingerprint density at radius 3 is 2.60 bits per heavy atom. The van der Waals surface area contributed by atoms with Crippen LogP contribution in [0.1, 0.15) is 0 Å². The Morgan fingerprint density at radius 1 is 1.50 bits per heavy atom. The average molecular weight is 285 g/mol. The van der Waals surface area contributed by atoms with Gasteiger partial charge in [-0.2, -0.15) is 5.10 Å². The molecule has 0 saturated carbocycles. The molecule has 0 bridgehead atoms. The molecule has 0 aliphatic carbocycles. The second-order valence-corrected chi connectivity index (χ2v) is 3.52. The van der Waals surface area contributed by atoms with Crippen molar-refractivity contribution in [3.8, 4) is 0 Å². The summed E-state index contributed by atoms with van der Waals surface area (Å²) in [5, 5.41) is 6.44. The standard InChI is InChI=1S/C4H3Br2N3S/c5-3-1(7)2(10)4(6)9-8-3/h(H2,7,9)(H,8,10). The van der Waals surface area contributed by atoms with E-state index in [1.54, 1.807) is 0 Å². The number of hydrogen-bond donors (Lipinski definition) is 2. The van der Waals surface area contributed by atoms with E-state index in [9.17, 15) is 0 Å². The molecule has 0 atom stereocenters. The predicted molar refractivity (Wildman–Crippen MR) is 49.2 cm³/mol. The fourth-order valence-electron chi connectivity index (χ4n) is 0.420. The maximum Gasteiger partial charge on any atom is 0.146 e. The number of hydrogen-bond acceptors (Lipinski definition) is 3. The summed E-state index contributed by atoms with van der Waals surface area (Å²) in [6.45, 7) is 0. The van der Waals surface area contributed by atoms with Crippen molar-refractivity contribution in [3.05, 3.63) is 13.7 Å². The number of rotatable bonds is 0. The summed E-state index contributed by atoms with van der Waals surface area (Å²) in [4.78, 5) is 0. The highest BCUT2D eigenvalue weighted by molar-refractivity contribution is 9.11. The zero-order valence-electron chi connectivity index (χ0n) is 4.69. The fourth-order valence-corrected chi connectivity index (χ4v) is 1.29. The molecule has 0 saturated heterocycles. The van der Waals surface area contributed by atoms with Gasteiger partial charge in [0.15, 0.2) is 0 Å². The summed E-state index contributed by atoms with van der Waals surface area (Å²) in [5.74, 6) is 0. The number of halogens is 2. The van der Waals surface area contributed by atoms with E-state index in [1.165, 1.54) is 0 Å². The van der Waals surface area contributed by atoms with E-state index in [0.717, 1.165) is 0 Å². The minimum absolute atomic E-state index is 0.497. The smallest absolute Gasteiger partial charge is 0.146 e. The lowest BCUT2D eigenvalue weighted by molar-refractivity contribution is 0.980. The highest BCUT2D eigenvalue weighted by Crippen LogP contribution is 2.20. The molecule has 54 valence electrons. The number of nitrogens with zero attached hydrogens (tertiary/aromatic N) is 1. The lowest BCUT2D eigenvalue weighted by Gasteiger charge is -1.96. The van der Waals surface area contributed by atoms with Gasteiger partial charge >= 0.3 is 0 Å². The van der Waals surface area contributed by atoms with E-state index >= 15 is 0 Å². The molecule has 0 aromatic carbocycles. The van der Waals surface area contributed by atoms with Crippen molar-refractivity contribution >= 4 is 49.8 Å². The molecule has 0 unspecified atom stereocenters. The van der Waals surface area contributed by atoms with Gasteiger partial charge in [0, 0.05) is 0 Å². The Bertz CT molecular complexity index is 308. The number of nitrogen functional groups attached to an aromatic ring is 1. The Kier molecular flexibility index (Phi) is 2.43. The van der Waals surface area contributed by atoms with Gasteiger partial charge in [-0.05, 0) is 31.9 Å². The minimum atomic E-state index is 0.497. The normalized spacial score (nSPS) is 9.80. The number of aromatic amines is 1. The van der Waals surface area contributed by atoms with Gasteiger partial charge in [0.1, 0.15) is 9.21 Å². The van der Waals surface area contributed by atoms with Gasteiger partial charge in [0.2, 0.25) is 0 Å². The number of nitrogens with two attached hydrogens (primary N) is 1. The van der Waals surface area contributed by atoms with E-state index < -0.39 is 0 Å². The maximum atomic E-state index is 5.53. The van der Waals surface area contributed by atoms with Crippen molar-refractivity contribution in [3.63, 3.8) is 0 Å². The summed E-state index contributed by atoms with van der Waals surface area (Å²) in [5.41, 5.74) is 6.03. The summed E-state index contributed by atoms with van der Waals surface area (Å²) < 4.78 is 1.69. The van der Waals surface area contributed by atoms with Gasteiger partial charge in [-0.25, -0.2) is 0 Å². The number of H-pyrrole nitrogens is 1. The zero-order valence-corrected chi connectivity index (χ0v) is 8.68. The molecule has 0 aliphatic rings. The van der Waals surface area contributed by atoms with Gasteiger partial charge in [-0.15, -0.1) is 0 Å². The van der Waals surface area contributed by atoms with E-state index in [4.69, 9.17) is 18.0 Å². The van der Waals surface area contributed by atoms with Gasteiger partial charge < -0.3 is 5.73 Å². The lowest BCUT2D eigenvalue weighted by Crippen LogP contribution is -1.94. The van der Waals surface area contributed by atoms with Crippen LogP contribution in [0.2, 0.25) is 0 Å². The van der Waals surface area contributed by atoms with Gasteiger partial charge in [0.25, 0.3) is 0 Å². The van der Waals surface area contributed by atoms with Crippen molar-refractivity contribution in [2.45, 2.75) is 0 Å². The van der Waals surface area contributed by atoms with Crippen LogP contribution >= 0.6 is 44.1 Å². The van der Waals surface area contributed by atoms with Crippen molar-refractivity contribution in [1.82, 2.24) is 10.2 Å². The lowest BCUT2D eigenvalue weighted by atomic mass is 10.5. The SMILES string of the molecule is Nc1c(Br)[nH]nc(Br)c1=S. The van der Waals surface area contributed by atoms with E-state index in [1.807, 2.05) is 0 Å². The summed E-state index contributed by atoms with van der Waals surface area (Å²) in [6, 6.07) is 0. The Morgan fingerprint density at radius 2 is 2.10 bits per heavy atom. The van der Waals surface area contributed by atoms with Gasteiger partial charge in [-0.3, -0.25) is 5.10 Å². The first-order chi connectivity index (χ1) is 4.63. The third-order valence-electron chi connectivity index (χ3n) is 0.921. The minimum Gasteiger partial charge on any atom is -0.395 e. The van der Waals surface area contributed by atoms with Crippen molar-refractivity contribution in [2.24, 2.45) is 0 Å². The quantitative estimate of drug-likeness (QED) is 0.719. The first-order valence-electron chi connectivity index (χ1n) is 2.32. The largest absolute Gasteiger partial charge is 0.395 e. The molecule has 1 rings (SSSR count). The van der Waals surface area contributed by atoms with Crippen LogP contribution < -0.4 is 5.73 Å². The molecule has 1 aromatic heterocycles. The molecule has 0 spiro atoms. The maximum absolute atomic E-state index is 5.53. The van der Waals surface area contributed by atoms with Crippen LogP contribution in [-0.4, -0.2) is 10.2 Å². The third kappa shape index (κ3) is 1.38. The Hall–Kier alpha value is 0.0600. The van der Waals surface area contributed by atoms with Crippen LogP contribution in [0.5, 0.6) is 0 Å². The molecule has 0 radical (unpaired) electrons. The van der Waals surface area contributed by atoms with Crippen molar-refractivity contribution < 1.29 is 0 Å². The van der Waals surface area contributed by atoms with Crippen LogP contribution in [-0.2, 0) is 0 Å². The first-order valence-corrected chi connectivity index (χ1v) is 4.31. The third-order valence-corrected chi connectivity index (χ3v) is 2.77. The van der Waals surface area contributed by atoms with Crippen LogP contribution in [0.3, 0.4) is 0 Å². The highest BCUT2D eigenvalue weighted by atomic mass is 79.9. The van der Waals surface area contributed by atoms with Crippen LogP contribution in [0, 0.1) is 4.51 Å². The molecular formula is C4H3Br2N3S. The molecule has 0 aliphatic heterocycles. The first kappa shape index (κ1) is 8.16. The topological polar surface area (TPSA) is 54.7 Å². The van der Waals surface area contributed by atoms with Crippen LogP contribution in [0.15, 0.2) is 9.21 Å². The Balaban J connectivity index is 3.50. The van der Waals surface area contributed by atoms with E-state index in [2.05, 4.69) is 42.1 Å². The van der Waals surface area contributed by atoms with Gasteiger partial charge in [0.05, 0.1) is 10.2 Å². The van der Waals surface area contributed by atoms with Crippen molar-refractivity contribution in [1.29, 1.82) is 0 Å². The second kappa shape index (κ2) is 2.98. The average Bonchev–Trinajstić information content (AvgIpc) is 1.93.